The Morgan fingerprint density at radius 1 is 1.33 bits per heavy atom. The van der Waals surface area contributed by atoms with E-state index in [9.17, 15) is 4.79 Å². The first-order valence-corrected chi connectivity index (χ1v) is 6.65. The Morgan fingerprint density at radius 3 is 2.71 bits per heavy atom. The van der Waals surface area contributed by atoms with E-state index in [0.29, 0.717) is 11.6 Å². The molecule has 0 saturated carbocycles. The van der Waals surface area contributed by atoms with Gasteiger partial charge in [-0.2, -0.15) is 0 Å². The lowest BCUT2D eigenvalue weighted by atomic mass is 10.0. The van der Waals surface area contributed by atoms with Gasteiger partial charge in [0, 0.05) is 11.6 Å². The molecule has 112 valence electrons. The summed E-state index contributed by atoms with van der Waals surface area (Å²) in [5.74, 6) is 1.76. The zero-order valence-corrected chi connectivity index (χ0v) is 12.6. The first-order valence-electron chi connectivity index (χ1n) is 6.65. The molecule has 6 nitrogen and oxygen atoms in total. The number of aromatic nitrogens is 1. The van der Waals surface area contributed by atoms with E-state index in [2.05, 4.69) is 15.8 Å². The number of amides is 2. The van der Waals surface area contributed by atoms with Gasteiger partial charge in [-0.25, -0.2) is 4.79 Å². The maximum Gasteiger partial charge on any atom is 0.320 e. The highest BCUT2D eigenvalue weighted by atomic mass is 16.5. The number of benzene rings is 1. The number of rotatable bonds is 4. The number of carbonyl (C=O) groups excluding carboxylic acids is 1. The van der Waals surface area contributed by atoms with Crippen LogP contribution in [0.2, 0.25) is 0 Å². The largest absolute Gasteiger partial charge is 0.496 e. The molecule has 0 bridgehead atoms. The summed E-state index contributed by atoms with van der Waals surface area (Å²) in [5.41, 5.74) is 2.02. The number of ether oxygens (including phenoxy) is 1. The van der Waals surface area contributed by atoms with Crippen LogP contribution in [0.3, 0.4) is 0 Å². The maximum absolute atomic E-state index is 11.9. The van der Waals surface area contributed by atoms with Crippen molar-refractivity contribution in [1.82, 2.24) is 10.5 Å². The van der Waals surface area contributed by atoms with Crippen molar-refractivity contribution in [2.24, 2.45) is 0 Å². The molecule has 6 heteroatoms. The smallest absolute Gasteiger partial charge is 0.320 e. The summed E-state index contributed by atoms with van der Waals surface area (Å²) in [4.78, 5) is 11.9. The number of aryl methyl sites for hydroxylation is 2. The minimum atomic E-state index is -0.348. The molecule has 0 saturated heterocycles. The van der Waals surface area contributed by atoms with Crippen molar-refractivity contribution in [2.75, 3.05) is 12.4 Å². The molecule has 0 fully saturated rings. The lowest BCUT2D eigenvalue weighted by Crippen LogP contribution is -2.31. The average molecular weight is 289 g/mol. The predicted molar refractivity (Wildman–Crippen MR) is 79.5 cm³/mol. The van der Waals surface area contributed by atoms with Gasteiger partial charge in [0.15, 0.2) is 5.82 Å². The van der Waals surface area contributed by atoms with Crippen LogP contribution in [0.4, 0.5) is 10.6 Å². The number of carbonyl (C=O) groups is 1. The second-order valence-corrected chi connectivity index (χ2v) is 4.89. The van der Waals surface area contributed by atoms with Crippen LogP contribution in [0.1, 0.15) is 29.9 Å². The molecule has 1 unspecified atom stereocenters. The Morgan fingerprint density at radius 2 is 2.10 bits per heavy atom. The maximum atomic E-state index is 11.9. The summed E-state index contributed by atoms with van der Waals surface area (Å²) >= 11 is 0. The first kappa shape index (κ1) is 14.9. The Balaban J connectivity index is 2.05. The molecule has 2 rings (SSSR count). The van der Waals surface area contributed by atoms with Crippen LogP contribution in [0.25, 0.3) is 0 Å². The van der Waals surface area contributed by atoms with Crippen LogP contribution in [-0.4, -0.2) is 18.3 Å². The number of methoxy groups -OCH3 is 1. The quantitative estimate of drug-likeness (QED) is 0.906. The predicted octanol–water partition coefficient (Wildman–Crippen LogP) is 3.18. The Kier molecular flexibility index (Phi) is 4.47. The van der Waals surface area contributed by atoms with Gasteiger partial charge in [-0.3, -0.25) is 5.32 Å². The molecule has 2 amide bonds. The fourth-order valence-electron chi connectivity index (χ4n) is 2.04. The minimum Gasteiger partial charge on any atom is -0.496 e. The van der Waals surface area contributed by atoms with E-state index >= 15 is 0 Å². The van der Waals surface area contributed by atoms with Crippen LogP contribution in [0, 0.1) is 13.8 Å². The summed E-state index contributed by atoms with van der Waals surface area (Å²) in [6.07, 6.45) is 0. The molecule has 21 heavy (non-hydrogen) atoms. The SMILES string of the molecule is COc1ccc(C)cc1C(C)NC(=O)Nc1cc(C)on1. The van der Waals surface area contributed by atoms with Gasteiger partial charge < -0.3 is 14.6 Å². The molecule has 2 aromatic rings. The van der Waals surface area contributed by atoms with Gasteiger partial charge in [0.1, 0.15) is 11.5 Å². The van der Waals surface area contributed by atoms with Gasteiger partial charge in [-0.05, 0) is 26.8 Å². The van der Waals surface area contributed by atoms with E-state index in [-0.39, 0.29) is 12.1 Å². The van der Waals surface area contributed by atoms with Crippen molar-refractivity contribution in [3.05, 3.63) is 41.2 Å². The van der Waals surface area contributed by atoms with Crippen molar-refractivity contribution in [2.45, 2.75) is 26.8 Å². The van der Waals surface area contributed by atoms with Crippen LogP contribution in [-0.2, 0) is 0 Å². The molecule has 0 spiro atoms. The lowest BCUT2D eigenvalue weighted by molar-refractivity contribution is 0.249. The molecule has 2 N–H and O–H groups in total. The van der Waals surface area contributed by atoms with Crippen LogP contribution >= 0.6 is 0 Å². The number of anilines is 1. The third kappa shape index (κ3) is 3.75. The fraction of sp³-hybridized carbons (Fsp3) is 0.333. The third-order valence-corrected chi connectivity index (χ3v) is 3.07. The van der Waals surface area contributed by atoms with Crippen molar-refractivity contribution in [3.63, 3.8) is 0 Å². The highest BCUT2D eigenvalue weighted by Crippen LogP contribution is 2.26. The van der Waals surface area contributed by atoms with E-state index < -0.39 is 0 Å². The van der Waals surface area contributed by atoms with Crippen molar-refractivity contribution in [3.8, 4) is 5.75 Å². The monoisotopic (exact) mass is 289 g/mol. The van der Waals surface area contributed by atoms with Gasteiger partial charge in [0.05, 0.1) is 13.2 Å². The minimum absolute atomic E-state index is 0.201. The lowest BCUT2D eigenvalue weighted by Gasteiger charge is -2.17. The van der Waals surface area contributed by atoms with Crippen LogP contribution in [0.15, 0.2) is 28.8 Å². The fourth-order valence-corrected chi connectivity index (χ4v) is 2.04. The molecule has 0 aliphatic rings. The number of urea groups is 1. The normalized spacial score (nSPS) is 11.8. The van der Waals surface area contributed by atoms with Crippen molar-refractivity contribution >= 4 is 11.8 Å². The van der Waals surface area contributed by atoms with E-state index in [1.165, 1.54) is 0 Å². The van der Waals surface area contributed by atoms with E-state index in [4.69, 9.17) is 9.26 Å². The first-order chi connectivity index (χ1) is 9.99. The molecular weight excluding hydrogens is 270 g/mol. The highest BCUT2D eigenvalue weighted by molar-refractivity contribution is 5.88. The summed E-state index contributed by atoms with van der Waals surface area (Å²) in [6.45, 7) is 5.65. The average Bonchev–Trinajstić information content (AvgIpc) is 2.83. The van der Waals surface area contributed by atoms with Gasteiger partial charge in [0.2, 0.25) is 0 Å². The second-order valence-electron chi connectivity index (χ2n) is 4.89. The Labute approximate surface area is 123 Å². The third-order valence-electron chi connectivity index (χ3n) is 3.07. The summed E-state index contributed by atoms with van der Waals surface area (Å²) in [7, 11) is 1.61. The molecule has 1 aromatic carbocycles. The molecule has 1 aromatic heterocycles. The van der Waals surface area contributed by atoms with E-state index in [1.54, 1.807) is 20.1 Å². The second kappa shape index (κ2) is 6.30. The van der Waals surface area contributed by atoms with Crippen molar-refractivity contribution < 1.29 is 14.1 Å². The van der Waals surface area contributed by atoms with Crippen LogP contribution < -0.4 is 15.4 Å². The van der Waals surface area contributed by atoms with Gasteiger partial charge in [-0.1, -0.05) is 22.9 Å². The molecular formula is C15H19N3O3. The number of nitrogens with one attached hydrogen (secondary N) is 2. The van der Waals surface area contributed by atoms with Crippen molar-refractivity contribution in [1.29, 1.82) is 0 Å². The number of hydrogen-bond donors (Lipinski definition) is 2. The molecule has 1 atom stereocenters. The zero-order chi connectivity index (χ0) is 15.4. The summed E-state index contributed by atoms with van der Waals surface area (Å²) in [6, 6.07) is 6.95. The topological polar surface area (TPSA) is 76.4 Å². The highest BCUT2D eigenvalue weighted by Gasteiger charge is 2.15. The standard InChI is InChI=1S/C15H19N3O3/c1-9-5-6-13(20-4)12(7-9)11(3)16-15(19)17-14-8-10(2)21-18-14/h5-8,11H,1-4H3,(H2,16,17,18,19). The summed E-state index contributed by atoms with van der Waals surface area (Å²) in [5, 5.41) is 9.18. The molecule has 0 radical (unpaired) electrons. The van der Waals surface area contributed by atoms with Gasteiger partial charge >= 0.3 is 6.03 Å². The Bertz CT molecular complexity index is 637. The van der Waals surface area contributed by atoms with E-state index in [1.807, 2.05) is 32.0 Å². The van der Waals surface area contributed by atoms with E-state index in [0.717, 1.165) is 16.9 Å². The molecule has 0 aliphatic heterocycles. The van der Waals surface area contributed by atoms with Gasteiger partial charge in [0.25, 0.3) is 0 Å². The van der Waals surface area contributed by atoms with Crippen LogP contribution in [0.5, 0.6) is 5.75 Å². The Hall–Kier alpha value is -2.50. The summed E-state index contributed by atoms with van der Waals surface area (Å²) < 4.78 is 10.2. The number of hydrogen-bond acceptors (Lipinski definition) is 4. The molecule has 0 aliphatic carbocycles. The molecule has 1 heterocycles. The number of nitrogens with zero attached hydrogens (tertiary/aromatic N) is 1. The van der Waals surface area contributed by atoms with Gasteiger partial charge in [-0.15, -0.1) is 0 Å². The zero-order valence-electron chi connectivity index (χ0n) is 12.6.